The lowest BCUT2D eigenvalue weighted by Crippen LogP contribution is -2.45. The standard InChI is InChI=1S/C21H31NO5/c1-14(2)11-17(20(24)26-5)12-18(23)19(15(3)4)22-21(25)27-13-16-9-7-6-8-10-16/h6-10,14-15,17,19H,11-13H2,1-5H3,(H,22,25)/t17-,19+/m1/s1. The summed E-state index contributed by atoms with van der Waals surface area (Å²) >= 11 is 0. The number of ether oxygens (including phenoxy) is 2. The molecule has 0 radical (unpaired) electrons. The van der Waals surface area contributed by atoms with Crippen molar-refractivity contribution in [2.75, 3.05) is 7.11 Å². The first-order chi connectivity index (χ1) is 12.7. The van der Waals surface area contributed by atoms with Crippen molar-refractivity contribution >= 4 is 17.8 Å². The molecule has 0 bridgehead atoms. The van der Waals surface area contributed by atoms with Crippen molar-refractivity contribution in [2.45, 2.75) is 53.2 Å². The second-order valence-electron chi connectivity index (χ2n) is 7.45. The fourth-order valence-corrected chi connectivity index (χ4v) is 2.88. The lowest BCUT2D eigenvalue weighted by molar-refractivity contribution is -0.148. The van der Waals surface area contributed by atoms with Crippen LogP contribution in [-0.2, 0) is 25.7 Å². The van der Waals surface area contributed by atoms with Crippen molar-refractivity contribution in [1.29, 1.82) is 0 Å². The van der Waals surface area contributed by atoms with Crippen LogP contribution in [0.4, 0.5) is 4.79 Å². The minimum Gasteiger partial charge on any atom is -0.469 e. The Morgan fingerprint density at radius 3 is 2.19 bits per heavy atom. The SMILES string of the molecule is COC(=O)[C@@H](CC(=O)[C@@H](NC(=O)OCc1ccccc1)C(C)C)CC(C)C. The molecule has 27 heavy (non-hydrogen) atoms. The maximum Gasteiger partial charge on any atom is 0.408 e. The third-order valence-electron chi connectivity index (χ3n) is 4.24. The summed E-state index contributed by atoms with van der Waals surface area (Å²) in [5.41, 5.74) is 0.864. The molecule has 2 atom stereocenters. The van der Waals surface area contributed by atoms with E-state index in [4.69, 9.17) is 9.47 Å². The average Bonchev–Trinajstić information content (AvgIpc) is 2.63. The van der Waals surface area contributed by atoms with Crippen molar-refractivity contribution in [3.05, 3.63) is 35.9 Å². The third kappa shape index (κ3) is 8.24. The van der Waals surface area contributed by atoms with Crippen LogP contribution in [0.3, 0.4) is 0 Å². The van der Waals surface area contributed by atoms with Crippen LogP contribution in [0.1, 0.15) is 46.1 Å². The van der Waals surface area contributed by atoms with Crippen LogP contribution < -0.4 is 5.32 Å². The maximum atomic E-state index is 12.7. The molecule has 0 fully saturated rings. The highest BCUT2D eigenvalue weighted by molar-refractivity contribution is 5.90. The van der Waals surface area contributed by atoms with Crippen LogP contribution >= 0.6 is 0 Å². The number of hydrogen-bond acceptors (Lipinski definition) is 5. The van der Waals surface area contributed by atoms with Gasteiger partial charge in [-0.2, -0.15) is 0 Å². The molecule has 150 valence electrons. The van der Waals surface area contributed by atoms with Crippen LogP contribution in [-0.4, -0.2) is 31.0 Å². The predicted octanol–water partition coefficient (Wildman–Crippen LogP) is 3.73. The molecular weight excluding hydrogens is 346 g/mol. The van der Waals surface area contributed by atoms with Gasteiger partial charge in [0.15, 0.2) is 5.78 Å². The minimum absolute atomic E-state index is 0.0344. The quantitative estimate of drug-likeness (QED) is 0.628. The van der Waals surface area contributed by atoms with Crippen LogP contribution in [0.15, 0.2) is 30.3 Å². The van der Waals surface area contributed by atoms with E-state index < -0.39 is 24.0 Å². The Hall–Kier alpha value is -2.37. The van der Waals surface area contributed by atoms with Crippen LogP contribution in [0.5, 0.6) is 0 Å². The number of carbonyl (C=O) groups excluding carboxylic acids is 3. The van der Waals surface area contributed by atoms with Gasteiger partial charge < -0.3 is 14.8 Å². The second-order valence-corrected chi connectivity index (χ2v) is 7.45. The topological polar surface area (TPSA) is 81.7 Å². The molecule has 0 spiro atoms. The van der Waals surface area contributed by atoms with Gasteiger partial charge in [-0.1, -0.05) is 58.0 Å². The van der Waals surface area contributed by atoms with E-state index in [2.05, 4.69) is 5.32 Å². The lowest BCUT2D eigenvalue weighted by atomic mass is 9.88. The molecular formula is C21H31NO5. The smallest absolute Gasteiger partial charge is 0.408 e. The van der Waals surface area contributed by atoms with Gasteiger partial charge in [0.05, 0.1) is 19.1 Å². The Morgan fingerprint density at radius 1 is 1.04 bits per heavy atom. The molecule has 1 aromatic rings. The number of benzene rings is 1. The monoisotopic (exact) mass is 377 g/mol. The van der Waals surface area contributed by atoms with Crippen molar-refractivity contribution in [2.24, 2.45) is 17.8 Å². The van der Waals surface area contributed by atoms with Gasteiger partial charge in [-0.15, -0.1) is 0 Å². The third-order valence-corrected chi connectivity index (χ3v) is 4.24. The Bertz CT molecular complexity index is 612. The summed E-state index contributed by atoms with van der Waals surface area (Å²) in [7, 11) is 1.32. The molecule has 0 unspecified atom stereocenters. The molecule has 1 N–H and O–H groups in total. The molecule has 1 amide bonds. The van der Waals surface area contributed by atoms with E-state index in [1.807, 2.05) is 58.0 Å². The van der Waals surface area contributed by atoms with E-state index in [0.29, 0.717) is 6.42 Å². The number of nitrogens with one attached hydrogen (secondary N) is 1. The fourth-order valence-electron chi connectivity index (χ4n) is 2.88. The number of rotatable bonds is 10. The Labute approximate surface area is 161 Å². The number of hydrogen-bond donors (Lipinski definition) is 1. The van der Waals surface area contributed by atoms with Gasteiger partial charge in [-0.25, -0.2) is 4.79 Å². The Morgan fingerprint density at radius 2 is 1.67 bits per heavy atom. The lowest BCUT2D eigenvalue weighted by Gasteiger charge is -2.23. The Kier molecular flexibility index (Phi) is 9.54. The molecule has 0 aliphatic carbocycles. The largest absolute Gasteiger partial charge is 0.469 e. The van der Waals surface area contributed by atoms with Gasteiger partial charge in [-0.3, -0.25) is 9.59 Å². The Balaban J connectivity index is 2.68. The van der Waals surface area contributed by atoms with Crippen molar-refractivity contribution in [3.8, 4) is 0 Å². The van der Waals surface area contributed by atoms with Gasteiger partial charge in [0.2, 0.25) is 0 Å². The van der Waals surface area contributed by atoms with Gasteiger partial charge >= 0.3 is 12.1 Å². The normalized spacial score (nSPS) is 13.1. The molecule has 1 rings (SSSR count). The molecule has 0 saturated heterocycles. The highest BCUT2D eigenvalue weighted by atomic mass is 16.5. The van der Waals surface area contributed by atoms with Gasteiger partial charge in [-0.05, 0) is 23.8 Å². The number of amides is 1. The molecule has 0 saturated carbocycles. The molecule has 1 aromatic carbocycles. The number of ketones is 1. The minimum atomic E-state index is -0.715. The fraction of sp³-hybridized carbons (Fsp3) is 0.571. The molecule has 0 heterocycles. The zero-order chi connectivity index (χ0) is 20.4. The van der Waals surface area contributed by atoms with E-state index in [9.17, 15) is 14.4 Å². The van der Waals surface area contributed by atoms with Crippen molar-refractivity contribution in [1.82, 2.24) is 5.32 Å². The zero-order valence-electron chi connectivity index (χ0n) is 16.9. The number of esters is 1. The molecule has 0 aromatic heterocycles. The van der Waals surface area contributed by atoms with E-state index in [-0.39, 0.29) is 30.6 Å². The highest BCUT2D eigenvalue weighted by Gasteiger charge is 2.30. The molecule has 6 heteroatoms. The average molecular weight is 377 g/mol. The summed E-state index contributed by atoms with van der Waals surface area (Å²) in [5, 5.41) is 2.64. The molecule has 6 nitrogen and oxygen atoms in total. The van der Waals surface area contributed by atoms with Crippen molar-refractivity contribution < 1.29 is 23.9 Å². The number of alkyl carbamates (subject to hydrolysis) is 1. The van der Waals surface area contributed by atoms with Crippen LogP contribution in [0, 0.1) is 17.8 Å². The summed E-state index contributed by atoms with van der Waals surface area (Å²) in [6.07, 6.45) is -0.0571. The van der Waals surface area contributed by atoms with Crippen molar-refractivity contribution in [3.63, 3.8) is 0 Å². The van der Waals surface area contributed by atoms with E-state index in [0.717, 1.165) is 5.56 Å². The molecule has 0 aliphatic rings. The number of methoxy groups -OCH3 is 1. The zero-order valence-corrected chi connectivity index (χ0v) is 16.9. The van der Waals surface area contributed by atoms with E-state index in [1.165, 1.54) is 7.11 Å². The van der Waals surface area contributed by atoms with E-state index >= 15 is 0 Å². The second kappa shape index (κ2) is 11.4. The van der Waals surface area contributed by atoms with Gasteiger partial charge in [0.1, 0.15) is 6.61 Å². The summed E-state index contributed by atoms with van der Waals surface area (Å²) < 4.78 is 10.0. The summed E-state index contributed by atoms with van der Waals surface area (Å²) in [4.78, 5) is 36.8. The number of carbonyl (C=O) groups is 3. The van der Waals surface area contributed by atoms with E-state index in [1.54, 1.807) is 0 Å². The van der Waals surface area contributed by atoms with Crippen LogP contribution in [0.25, 0.3) is 0 Å². The van der Waals surface area contributed by atoms with Gasteiger partial charge in [0.25, 0.3) is 0 Å². The highest BCUT2D eigenvalue weighted by Crippen LogP contribution is 2.20. The van der Waals surface area contributed by atoms with Gasteiger partial charge in [0, 0.05) is 6.42 Å². The predicted molar refractivity (Wildman–Crippen MR) is 103 cm³/mol. The molecule has 0 aliphatic heterocycles. The van der Waals surface area contributed by atoms with Crippen LogP contribution in [0.2, 0.25) is 0 Å². The summed E-state index contributed by atoms with van der Waals surface area (Å²) in [6, 6.07) is 8.59. The number of Topliss-reactive ketones (excluding diaryl/α,β-unsaturated/α-hetero) is 1. The summed E-state index contributed by atoms with van der Waals surface area (Å²) in [5.74, 6) is -0.975. The first-order valence-corrected chi connectivity index (χ1v) is 9.32. The summed E-state index contributed by atoms with van der Waals surface area (Å²) in [6.45, 7) is 7.79. The maximum absolute atomic E-state index is 12.7. The first-order valence-electron chi connectivity index (χ1n) is 9.32. The first kappa shape index (κ1) is 22.7.